The van der Waals surface area contributed by atoms with E-state index in [1.807, 2.05) is 18.2 Å². The van der Waals surface area contributed by atoms with Crippen LogP contribution in [0.5, 0.6) is 0 Å². The van der Waals surface area contributed by atoms with Gasteiger partial charge in [0, 0.05) is 13.1 Å². The number of aliphatic hydroxyl groups is 1. The maximum atomic E-state index is 13.7. The van der Waals surface area contributed by atoms with E-state index in [9.17, 15) is 13.9 Å². The van der Waals surface area contributed by atoms with Crippen LogP contribution in [0.2, 0.25) is 0 Å². The first-order chi connectivity index (χ1) is 10.6. The predicted molar refractivity (Wildman–Crippen MR) is 81.6 cm³/mol. The topological polar surface area (TPSA) is 23.5 Å². The Balaban J connectivity index is 1.65. The van der Waals surface area contributed by atoms with Crippen LogP contribution < -0.4 is 0 Å². The Labute approximate surface area is 129 Å². The molecule has 2 aromatic rings. The molecule has 0 saturated carbocycles. The largest absolute Gasteiger partial charge is 0.387 e. The minimum absolute atomic E-state index is 0.231. The van der Waals surface area contributed by atoms with Crippen molar-refractivity contribution >= 4 is 0 Å². The van der Waals surface area contributed by atoms with Crippen molar-refractivity contribution in [2.45, 2.75) is 18.4 Å². The summed E-state index contributed by atoms with van der Waals surface area (Å²) >= 11 is 0. The molecule has 1 heterocycles. The minimum atomic E-state index is -1.14. The highest BCUT2D eigenvalue weighted by molar-refractivity contribution is 5.23. The number of β-amino-alcohol motifs (C(OH)–C–C–N with tert-alkyl or cyclic N) is 1. The number of rotatable bonds is 4. The normalized spacial score (nSPS) is 20.2. The maximum Gasteiger partial charge on any atom is 0.131 e. The third-order valence-corrected chi connectivity index (χ3v) is 4.31. The van der Waals surface area contributed by atoms with E-state index >= 15 is 0 Å². The number of halogens is 2. The Morgan fingerprint density at radius 2 is 1.73 bits per heavy atom. The Hall–Kier alpha value is -1.78. The highest BCUT2D eigenvalue weighted by Gasteiger charge is 2.27. The fourth-order valence-electron chi connectivity index (χ4n) is 3.16. The van der Waals surface area contributed by atoms with E-state index < -0.39 is 17.7 Å². The second-order valence-electron chi connectivity index (χ2n) is 5.81. The van der Waals surface area contributed by atoms with Crippen LogP contribution in [0.1, 0.15) is 29.6 Å². The second-order valence-corrected chi connectivity index (χ2v) is 5.81. The molecule has 0 bridgehead atoms. The van der Waals surface area contributed by atoms with Crippen molar-refractivity contribution in [3.63, 3.8) is 0 Å². The zero-order valence-electron chi connectivity index (χ0n) is 12.3. The average Bonchev–Trinajstić information content (AvgIpc) is 2.96. The van der Waals surface area contributed by atoms with E-state index in [2.05, 4.69) is 17.0 Å². The molecule has 0 aromatic heterocycles. The van der Waals surface area contributed by atoms with Gasteiger partial charge in [0.05, 0.1) is 11.7 Å². The third kappa shape index (κ3) is 3.18. The summed E-state index contributed by atoms with van der Waals surface area (Å²) < 4.78 is 27.4. The van der Waals surface area contributed by atoms with Crippen molar-refractivity contribution in [1.29, 1.82) is 0 Å². The molecule has 116 valence electrons. The van der Waals surface area contributed by atoms with E-state index in [-0.39, 0.29) is 12.1 Å². The van der Waals surface area contributed by atoms with Gasteiger partial charge in [0.15, 0.2) is 0 Å². The zero-order chi connectivity index (χ0) is 15.5. The standard InChI is InChI=1S/C18H19F2NO/c19-15-7-4-8-16(20)18(15)17(22)12-21-10-9-14(11-21)13-5-2-1-3-6-13/h1-8,14,17,22H,9-12H2/t14-,17+/m1/s1. The van der Waals surface area contributed by atoms with Crippen molar-refractivity contribution in [2.75, 3.05) is 19.6 Å². The Kier molecular flexibility index (Phi) is 4.50. The Morgan fingerprint density at radius 3 is 2.41 bits per heavy atom. The molecule has 0 spiro atoms. The first-order valence-electron chi connectivity index (χ1n) is 7.54. The van der Waals surface area contributed by atoms with Crippen LogP contribution >= 0.6 is 0 Å². The molecule has 0 radical (unpaired) electrons. The van der Waals surface area contributed by atoms with Gasteiger partial charge in [-0.2, -0.15) is 0 Å². The van der Waals surface area contributed by atoms with Gasteiger partial charge in [0.25, 0.3) is 0 Å². The smallest absolute Gasteiger partial charge is 0.131 e. The molecular weight excluding hydrogens is 284 g/mol. The van der Waals surface area contributed by atoms with E-state index in [4.69, 9.17) is 0 Å². The number of nitrogens with zero attached hydrogens (tertiary/aromatic N) is 1. The van der Waals surface area contributed by atoms with Gasteiger partial charge >= 0.3 is 0 Å². The van der Waals surface area contributed by atoms with Crippen LogP contribution in [-0.2, 0) is 0 Å². The summed E-state index contributed by atoms with van der Waals surface area (Å²) in [4.78, 5) is 2.06. The zero-order valence-corrected chi connectivity index (χ0v) is 12.3. The quantitative estimate of drug-likeness (QED) is 0.934. The molecule has 2 nitrogen and oxygen atoms in total. The molecule has 3 rings (SSSR count). The number of hydrogen-bond acceptors (Lipinski definition) is 2. The molecular formula is C18H19F2NO. The van der Waals surface area contributed by atoms with Gasteiger partial charge in [-0.1, -0.05) is 36.4 Å². The molecule has 1 aliphatic rings. The lowest BCUT2D eigenvalue weighted by atomic mass is 9.99. The fourth-order valence-corrected chi connectivity index (χ4v) is 3.16. The fraction of sp³-hybridized carbons (Fsp3) is 0.333. The number of benzene rings is 2. The average molecular weight is 303 g/mol. The molecule has 0 aliphatic carbocycles. The van der Waals surface area contributed by atoms with Crippen LogP contribution in [0, 0.1) is 11.6 Å². The lowest BCUT2D eigenvalue weighted by Crippen LogP contribution is -2.27. The van der Waals surface area contributed by atoms with Crippen molar-refractivity contribution in [1.82, 2.24) is 4.90 Å². The van der Waals surface area contributed by atoms with E-state index in [0.29, 0.717) is 5.92 Å². The lowest BCUT2D eigenvalue weighted by molar-refractivity contribution is 0.118. The first kappa shape index (κ1) is 15.1. The number of likely N-dealkylation sites (tertiary alicyclic amines) is 1. The lowest BCUT2D eigenvalue weighted by Gasteiger charge is -2.21. The summed E-state index contributed by atoms with van der Waals surface area (Å²) in [6.45, 7) is 1.88. The summed E-state index contributed by atoms with van der Waals surface area (Å²) in [7, 11) is 0. The molecule has 1 saturated heterocycles. The summed E-state index contributed by atoms with van der Waals surface area (Å²) in [5, 5.41) is 10.2. The van der Waals surface area contributed by atoms with Crippen molar-refractivity contribution < 1.29 is 13.9 Å². The van der Waals surface area contributed by atoms with Gasteiger partial charge in [-0.3, -0.25) is 4.90 Å². The van der Waals surface area contributed by atoms with Crippen LogP contribution in [0.25, 0.3) is 0 Å². The Bertz CT molecular complexity index is 612. The van der Waals surface area contributed by atoms with E-state index in [1.54, 1.807) is 0 Å². The molecule has 1 N–H and O–H groups in total. The molecule has 22 heavy (non-hydrogen) atoms. The maximum absolute atomic E-state index is 13.7. The van der Waals surface area contributed by atoms with E-state index in [1.165, 1.54) is 23.8 Å². The summed E-state index contributed by atoms with van der Waals surface area (Å²) in [6, 6.07) is 13.9. The third-order valence-electron chi connectivity index (χ3n) is 4.31. The monoisotopic (exact) mass is 303 g/mol. The summed E-state index contributed by atoms with van der Waals surface area (Å²) in [5.41, 5.74) is 1.04. The van der Waals surface area contributed by atoms with Gasteiger partial charge in [0.1, 0.15) is 11.6 Å². The summed E-state index contributed by atoms with van der Waals surface area (Å²) in [6.07, 6.45) is -0.146. The van der Waals surface area contributed by atoms with Gasteiger partial charge < -0.3 is 5.11 Å². The second kappa shape index (κ2) is 6.55. The van der Waals surface area contributed by atoms with Crippen molar-refractivity contribution in [3.8, 4) is 0 Å². The number of hydrogen-bond donors (Lipinski definition) is 1. The highest BCUT2D eigenvalue weighted by Crippen LogP contribution is 2.29. The van der Waals surface area contributed by atoms with Gasteiger partial charge in [-0.05, 0) is 36.6 Å². The predicted octanol–water partition coefficient (Wildman–Crippen LogP) is 3.49. The molecule has 1 aliphatic heterocycles. The molecule has 0 amide bonds. The van der Waals surface area contributed by atoms with Crippen LogP contribution in [0.15, 0.2) is 48.5 Å². The minimum Gasteiger partial charge on any atom is -0.387 e. The first-order valence-corrected chi connectivity index (χ1v) is 7.54. The number of aliphatic hydroxyl groups excluding tert-OH is 1. The van der Waals surface area contributed by atoms with Gasteiger partial charge in [0.2, 0.25) is 0 Å². The van der Waals surface area contributed by atoms with E-state index in [0.717, 1.165) is 19.5 Å². The molecule has 0 unspecified atom stereocenters. The highest BCUT2D eigenvalue weighted by atomic mass is 19.1. The SMILES string of the molecule is O[C@@H](CN1CC[C@@H](c2ccccc2)C1)c1c(F)cccc1F. The molecule has 2 aromatic carbocycles. The van der Waals surface area contributed by atoms with Crippen LogP contribution in [-0.4, -0.2) is 29.6 Å². The van der Waals surface area contributed by atoms with Gasteiger partial charge in [-0.25, -0.2) is 8.78 Å². The molecule has 2 atom stereocenters. The van der Waals surface area contributed by atoms with Crippen LogP contribution in [0.4, 0.5) is 8.78 Å². The summed E-state index contributed by atoms with van der Waals surface area (Å²) in [5.74, 6) is -0.962. The van der Waals surface area contributed by atoms with Crippen molar-refractivity contribution in [2.24, 2.45) is 0 Å². The van der Waals surface area contributed by atoms with Gasteiger partial charge in [-0.15, -0.1) is 0 Å². The molecule has 1 fully saturated rings. The molecule has 4 heteroatoms. The Morgan fingerprint density at radius 1 is 1.05 bits per heavy atom. The van der Waals surface area contributed by atoms with Crippen LogP contribution in [0.3, 0.4) is 0 Å². The van der Waals surface area contributed by atoms with Crippen molar-refractivity contribution in [3.05, 3.63) is 71.3 Å².